The van der Waals surface area contributed by atoms with Crippen LogP contribution in [0.1, 0.15) is 27.7 Å². The predicted molar refractivity (Wildman–Crippen MR) is 59.7 cm³/mol. The molecule has 1 aliphatic heterocycles. The van der Waals surface area contributed by atoms with Gasteiger partial charge in [0.05, 0.1) is 6.54 Å². The number of rotatable bonds is 0. The molecule has 1 amide bonds. The molecule has 1 atom stereocenters. The minimum atomic E-state index is -3.08. The van der Waals surface area contributed by atoms with Crippen molar-refractivity contribution in [3.05, 3.63) is 0 Å². The summed E-state index contributed by atoms with van der Waals surface area (Å²) in [6.07, 6.45) is 4.37. The lowest BCUT2D eigenvalue weighted by atomic mass is 9.87. The number of likely N-dealkylation sites (tertiary alicyclic amines) is 1. The number of alkyl halides is 2. The van der Waals surface area contributed by atoms with Crippen LogP contribution in [0.2, 0.25) is 0 Å². The Morgan fingerprint density at radius 1 is 1.41 bits per heavy atom. The number of amides is 1. The average Bonchev–Trinajstić information content (AvgIpc) is 2.36. The molecule has 0 N–H and O–H groups in total. The molecule has 0 aliphatic carbocycles. The summed E-state index contributed by atoms with van der Waals surface area (Å²) in [7, 11) is 0. The van der Waals surface area contributed by atoms with Crippen molar-refractivity contribution in [3.63, 3.8) is 0 Å². The summed E-state index contributed by atoms with van der Waals surface area (Å²) < 4.78 is 32.3. The Morgan fingerprint density at radius 3 is 2.29 bits per heavy atom. The zero-order chi connectivity index (χ0) is 13.5. The van der Waals surface area contributed by atoms with Gasteiger partial charge in [-0.15, -0.1) is 6.42 Å². The van der Waals surface area contributed by atoms with Gasteiger partial charge in [0.25, 0.3) is 5.92 Å². The summed E-state index contributed by atoms with van der Waals surface area (Å²) >= 11 is 0. The average molecular weight is 245 g/mol. The van der Waals surface area contributed by atoms with E-state index >= 15 is 0 Å². The van der Waals surface area contributed by atoms with Crippen molar-refractivity contribution in [2.24, 2.45) is 5.41 Å². The van der Waals surface area contributed by atoms with Gasteiger partial charge in [0, 0.05) is 6.54 Å². The number of hydrogen-bond acceptors (Lipinski definition) is 2. The molecule has 1 unspecified atom stereocenters. The van der Waals surface area contributed by atoms with Crippen LogP contribution in [0.3, 0.4) is 0 Å². The zero-order valence-electron chi connectivity index (χ0n) is 10.5. The normalized spacial score (nSPS) is 27.7. The van der Waals surface area contributed by atoms with Gasteiger partial charge >= 0.3 is 6.09 Å². The zero-order valence-corrected chi connectivity index (χ0v) is 10.5. The maximum absolute atomic E-state index is 13.6. The summed E-state index contributed by atoms with van der Waals surface area (Å²) in [5.41, 5.74) is -2.33. The van der Waals surface area contributed by atoms with Gasteiger partial charge in [0.2, 0.25) is 0 Å². The van der Waals surface area contributed by atoms with E-state index in [9.17, 15) is 13.6 Å². The van der Waals surface area contributed by atoms with Crippen molar-refractivity contribution >= 4 is 6.09 Å². The van der Waals surface area contributed by atoms with Gasteiger partial charge < -0.3 is 9.64 Å². The summed E-state index contributed by atoms with van der Waals surface area (Å²) in [4.78, 5) is 12.6. The Labute approximate surface area is 100 Å². The molecule has 1 fully saturated rings. The van der Waals surface area contributed by atoms with Crippen LogP contribution in [-0.4, -0.2) is 35.6 Å². The monoisotopic (exact) mass is 245 g/mol. The van der Waals surface area contributed by atoms with Gasteiger partial charge in [-0.05, 0) is 27.7 Å². The number of ether oxygens (including phenoxy) is 1. The van der Waals surface area contributed by atoms with E-state index in [1.807, 2.05) is 0 Å². The standard InChI is InChI=1S/C12H17F2NO2/c1-6-11(5)7-15(8-12(11,13)14)9(16)17-10(2,3)4/h1H,7-8H2,2-5H3. The second-order valence-corrected chi connectivity index (χ2v) is 5.52. The van der Waals surface area contributed by atoms with Crippen LogP contribution in [0, 0.1) is 17.8 Å². The summed E-state index contributed by atoms with van der Waals surface area (Å²) in [6, 6.07) is 0. The Hall–Kier alpha value is -1.31. The number of carbonyl (C=O) groups excluding carboxylic acids is 1. The molecule has 1 rings (SSSR count). The summed E-state index contributed by atoms with van der Waals surface area (Å²) in [5, 5.41) is 0. The van der Waals surface area contributed by atoms with E-state index in [1.54, 1.807) is 20.8 Å². The van der Waals surface area contributed by atoms with Crippen LogP contribution >= 0.6 is 0 Å². The Bertz CT molecular complexity index is 368. The number of hydrogen-bond donors (Lipinski definition) is 0. The van der Waals surface area contributed by atoms with Crippen molar-refractivity contribution in [1.82, 2.24) is 4.90 Å². The fraction of sp³-hybridized carbons (Fsp3) is 0.750. The lowest BCUT2D eigenvalue weighted by Gasteiger charge is -2.24. The van der Waals surface area contributed by atoms with E-state index in [4.69, 9.17) is 11.2 Å². The molecule has 0 bridgehead atoms. The topological polar surface area (TPSA) is 29.5 Å². The van der Waals surface area contributed by atoms with Crippen LogP contribution < -0.4 is 0 Å². The fourth-order valence-electron chi connectivity index (χ4n) is 1.57. The maximum Gasteiger partial charge on any atom is 0.410 e. The molecule has 0 aromatic carbocycles. The van der Waals surface area contributed by atoms with Crippen LogP contribution in [0.25, 0.3) is 0 Å². The predicted octanol–water partition coefficient (Wildman–Crippen LogP) is 2.51. The SMILES string of the molecule is C#CC1(C)CN(C(=O)OC(C)(C)C)CC1(F)F. The van der Waals surface area contributed by atoms with Crippen LogP contribution in [0.5, 0.6) is 0 Å². The molecule has 0 aromatic heterocycles. The summed E-state index contributed by atoms with van der Waals surface area (Å²) in [5.74, 6) is -1.01. The van der Waals surface area contributed by atoms with E-state index in [2.05, 4.69) is 5.92 Å². The van der Waals surface area contributed by atoms with Gasteiger partial charge in [-0.25, -0.2) is 13.6 Å². The molecule has 0 aromatic rings. The molecule has 3 nitrogen and oxygen atoms in total. The van der Waals surface area contributed by atoms with Crippen LogP contribution in [0.4, 0.5) is 13.6 Å². The highest BCUT2D eigenvalue weighted by molar-refractivity contribution is 5.69. The molecule has 5 heteroatoms. The summed E-state index contributed by atoms with van der Waals surface area (Å²) in [6.45, 7) is 5.43. The van der Waals surface area contributed by atoms with Crippen molar-refractivity contribution in [2.45, 2.75) is 39.2 Å². The van der Waals surface area contributed by atoms with Gasteiger partial charge in [-0.1, -0.05) is 5.92 Å². The molecule has 1 saturated heterocycles. The van der Waals surface area contributed by atoms with E-state index in [0.29, 0.717) is 0 Å². The second-order valence-electron chi connectivity index (χ2n) is 5.52. The molecule has 0 radical (unpaired) electrons. The third kappa shape index (κ3) is 2.68. The molecule has 17 heavy (non-hydrogen) atoms. The van der Waals surface area contributed by atoms with Crippen LogP contribution in [-0.2, 0) is 4.74 Å². The highest BCUT2D eigenvalue weighted by Gasteiger charge is 2.58. The molecule has 96 valence electrons. The first kappa shape index (κ1) is 13.8. The fourth-order valence-corrected chi connectivity index (χ4v) is 1.57. The number of carbonyl (C=O) groups is 1. The number of halogens is 2. The molecule has 1 heterocycles. The first-order valence-electron chi connectivity index (χ1n) is 5.34. The first-order valence-corrected chi connectivity index (χ1v) is 5.34. The van der Waals surface area contributed by atoms with Crippen molar-refractivity contribution in [3.8, 4) is 12.3 Å². The Morgan fingerprint density at radius 2 is 1.94 bits per heavy atom. The highest BCUT2D eigenvalue weighted by atomic mass is 19.3. The molecular weight excluding hydrogens is 228 g/mol. The number of terminal acetylenes is 1. The van der Waals surface area contributed by atoms with E-state index in [0.717, 1.165) is 4.90 Å². The van der Waals surface area contributed by atoms with E-state index in [-0.39, 0.29) is 6.54 Å². The molecular formula is C12H17F2NO2. The minimum Gasteiger partial charge on any atom is -0.444 e. The van der Waals surface area contributed by atoms with Gasteiger partial charge in [-0.2, -0.15) is 0 Å². The Kier molecular flexibility index (Phi) is 3.13. The largest absolute Gasteiger partial charge is 0.444 e. The van der Waals surface area contributed by atoms with Crippen molar-refractivity contribution in [2.75, 3.05) is 13.1 Å². The van der Waals surface area contributed by atoms with Gasteiger partial charge in [0.1, 0.15) is 11.0 Å². The van der Waals surface area contributed by atoms with E-state index < -0.39 is 29.6 Å². The molecule has 1 aliphatic rings. The Balaban J connectivity index is 2.80. The highest BCUT2D eigenvalue weighted by Crippen LogP contribution is 2.43. The first-order chi connectivity index (χ1) is 7.51. The second kappa shape index (κ2) is 3.86. The smallest absolute Gasteiger partial charge is 0.410 e. The lowest BCUT2D eigenvalue weighted by molar-refractivity contribution is -0.0499. The molecule has 0 spiro atoms. The third-order valence-electron chi connectivity index (χ3n) is 2.67. The lowest BCUT2D eigenvalue weighted by Crippen LogP contribution is -2.36. The van der Waals surface area contributed by atoms with Gasteiger partial charge in [-0.3, -0.25) is 0 Å². The minimum absolute atomic E-state index is 0.189. The van der Waals surface area contributed by atoms with Crippen LogP contribution in [0.15, 0.2) is 0 Å². The van der Waals surface area contributed by atoms with Gasteiger partial charge in [0.15, 0.2) is 0 Å². The van der Waals surface area contributed by atoms with E-state index in [1.165, 1.54) is 6.92 Å². The van der Waals surface area contributed by atoms with Crippen molar-refractivity contribution in [1.29, 1.82) is 0 Å². The third-order valence-corrected chi connectivity index (χ3v) is 2.67. The number of nitrogens with zero attached hydrogens (tertiary/aromatic N) is 1. The maximum atomic E-state index is 13.6. The van der Waals surface area contributed by atoms with Crippen molar-refractivity contribution < 1.29 is 18.3 Å². The molecule has 0 saturated carbocycles. The quantitative estimate of drug-likeness (QED) is 0.614.